The fraction of sp³-hybridized carbons (Fsp3) is 0.381. The third-order valence-electron chi connectivity index (χ3n) is 4.51. The Hall–Kier alpha value is -1.81. The third kappa shape index (κ3) is 4.85. The summed E-state index contributed by atoms with van der Waals surface area (Å²) in [5, 5.41) is 3.02. The summed E-state index contributed by atoms with van der Waals surface area (Å²) in [6.45, 7) is 12.3. The summed E-state index contributed by atoms with van der Waals surface area (Å²) in [6, 6.07) is 8.13. The van der Waals surface area contributed by atoms with Crippen molar-refractivity contribution < 1.29 is 9.53 Å². The standard InChI is InChI=1S/C21H26BrNO2/c1-12-7-14(3)19(10-13(12)2)17(6)23-20(24)11-25-18-8-15(4)21(22)16(5)9-18/h7-10,17H,11H2,1-6H3,(H,23,24). The summed E-state index contributed by atoms with van der Waals surface area (Å²) in [6.07, 6.45) is 0. The summed E-state index contributed by atoms with van der Waals surface area (Å²) in [5.74, 6) is 0.590. The molecule has 0 heterocycles. The van der Waals surface area contributed by atoms with E-state index in [0.717, 1.165) is 21.2 Å². The second-order valence-corrected chi connectivity index (χ2v) is 7.53. The van der Waals surface area contributed by atoms with Crippen LogP contribution in [0.1, 0.15) is 46.3 Å². The maximum Gasteiger partial charge on any atom is 0.258 e. The Morgan fingerprint density at radius 1 is 0.960 bits per heavy atom. The predicted molar refractivity (Wildman–Crippen MR) is 106 cm³/mol. The Bertz CT molecular complexity index is 776. The van der Waals surface area contributed by atoms with E-state index in [1.807, 2.05) is 32.9 Å². The molecule has 2 aromatic rings. The monoisotopic (exact) mass is 403 g/mol. The molecule has 3 nitrogen and oxygen atoms in total. The zero-order chi connectivity index (χ0) is 18.7. The van der Waals surface area contributed by atoms with Gasteiger partial charge in [0, 0.05) is 4.47 Å². The molecule has 4 heteroatoms. The summed E-state index contributed by atoms with van der Waals surface area (Å²) in [5.41, 5.74) is 7.02. The van der Waals surface area contributed by atoms with E-state index in [0.29, 0.717) is 5.75 Å². The molecule has 1 unspecified atom stereocenters. The highest BCUT2D eigenvalue weighted by Gasteiger charge is 2.14. The number of carbonyl (C=O) groups excluding carboxylic acids is 1. The van der Waals surface area contributed by atoms with Crippen molar-refractivity contribution >= 4 is 21.8 Å². The predicted octanol–water partition coefficient (Wildman–Crippen LogP) is 5.25. The number of nitrogens with one attached hydrogen (secondary N) is 1. The molecule has 0 aromatic heterocycles. The van der Waals surface area contributed by atoms with Crippen LogP contribution in [0.15, 0.2) is 28.7 Å². The van der Waals surface area contributed by atoms with Crippen molar-refractivity contribution in [3.8, 4) is 5.75 Å². The Kier molecular flexibility index (Phi) is 6.28. The van der Waals surface area contributed by atoms with Gasteiger partial charge in [-0.3, -0.25) is 4.79 Å². The van der Waals surface area contributed by atoms with Gasteiger partial charge >= 0.3 is 0 Å². The minimum absolute atomic E-state index is 0.00867. The maximum absolute atomic E-state index is 12.3. The highest BCUT2D eigenvalue weighted by molar-refractivity contribution is 9.10. The molecule has 0 aliphatic heterocycles. The van der Waals surface area contributed by atoms with Crippen LogP contribution in [0.5, 0.6) is 5.75 Å². The summed E-state index contributed by atoms with van der Waals surface area (Å²) < 4.78 is 6.73. The lowest BCUT2D eigenvalue weighted by Crippen LogP contribution is -2.31. The van der Waals surface area contributed by atoms with Crippen LogP contribution in [0.4, 0.5) is 0 Å². The van der Waals surface area contributed by atoms with Gasteiger partial charge in [-0.05, 0) is 87.1 Å². The number of ether oxygens (including phenoxy) is 1. The second-order valence-electron chi connectivity index (χ2n) is 6.74. The number of hydrogen-bond donors (Lipinski definition) is 1. The topological polar surface area (TPSA) is 38.3 Å². The first-order valence-corrected chi connectivity index (χ1v) is 9.25. The number of benzene rings is 2. The largest absolute Gasteiger partial charge is 0.484 e. The molecule has 0 radical (unpaired) electrons. The highest BCUT2D eigenvalue weighted by atomic mass is 79.9. The van der Waals surface area contributed by atoms with E-state index < -0.39 is 0 Å². The lowest BCUT2D eigenvalue weighted by atomic mass is 9.96. The molecule has 0 saturated carbocycles. The Morgan fingerprint density at radius 3 is 2.12 bits per heavy atom. The van der Waals surface area contributed by atoms with E-state index in [9.17, 15) is 4.79 Å². The lowest BCUT2D eigenvalue weighted by Gasteiger charge is -2.19. The number of aryl methyl sites for hydroxylation is 5. The molecular formula is C21H26BrNO2. The van der Waals surface area contributed by atoms with E-state index in [1.54, 1.807) is 0 Å². The molecule has 1 atom stereocenters. The van der Waals surface area contributed by atoms with Crippen LogP contribution in [0, 0.1) is 34.6 Å². The first-order valence-electron chi connectivity index (χ1n) is 8.45. The van der Waals surface area contributed by atoms with Crippen molar-refractivity contribution in [2.75, 3.05) is 6.61 Å². The molecule has 134 valence electrons. The van der Waals surface area contributed by atoms with E-state index in [1.165, 1.54) is 16.7 Å². The zero-order valence-electron chi connectivity index (χ0n) is 15.8. The van der Waals surface area contributed by atoms with Crippen molar-refractivity contribution in [3.63, 3.8) is 0 Å². The van der Waals surface area contributed by atoms with Gasteiger partial charge in [0.05, 0.1) is 6.04 Å². The van der Waals surface area contributed by atoms with Crippen LogP contribution >= 0.6 is 15.9 Å². The summed E-state index contributed by atoms with van der Waals surface area (Å²) in [4.78, 5) is 12.3. The normalized spacial score (nSPS) is 12.0. The smallest absolute Gasteiger partial charge is 0.258 e. The quantitative estimate of drug-likeness (QED) is 0.740. The number of rotatable bonds is 5. The molecule has 0 spiro atoms. The van der Waals surface area contributed by atoms with E-state index in [4.69, 9.17) is 4.74 Å². The van der Waals surface area contributed by atoms with Crippen molar-refractivity contribution in [1.82, 2.24) is 5.32 Å². The number of amides is 1. The van der Waals surface area contributed by atoms with E-state index >= 15 is 0 Å². The Labute approximate surface area is 158 Å². The van der Waals surface area contributed by atoms with Crippen LogP contribution in [-0.2, 0) is 4.79 Å². The SMILES string of the molecule is Cc1cc(C)c(C(C)NC(=O)COc2cc(C)c(Br)c(C)c2)cc1C. The summed E-state index contributed by atoms with van der Waals surface area (Å²) in [7, 11) is 0. The second kappa shape index (κ2) is 8.05. The molecule has 25 heavy (non-hydrogen) atoms. The van der Waals surface area contributed by atoms with Crippen LogP contribution in [0.3, 0.4) is 0 Å². The van der Waals surface area contributed by atoms with E-state index in [-0.39, 0.29) is 18.6 Å². The van der Waals surface area contributed by atoms with Crippen LogP contribution in [0.2, 0.25) is 0 Å². The Morgan fingerprint density at radius 2 is 1.52 bits per heavy atom. The Balaban J connectivity index is 1.99. The number of halogens is 1. The fourth-order valence-corrected chi connectivity index (χ4v) is 3.18. The molecule has 1 amide bonds. The van der Waals surface area contributed by atoms with Crippen molar-refractivity contribution in [3.05, 3.63) is 62.1 Å². The van der Waals surface area contributed by atoms with E-state index in [2.05, 4.69) is 54.2 Å². The van der Waals surface area contributed by atoms with Gasteiger partial charge in [0.25, 0.3) is 5.91 Å². The molecule has 2 aromatic carbocycles. The number of hydrogen-bond acceptors (Lipinski definition) is 2. The van der Waals surface area contributed by atoms with Gasteiger partial charge in [0.2, 0.25) is 0 Å². The minimum Gasteiger partial charge on any atom is -0.484 e. The minimum atomic E-state index is -0.122. The lowest BCUT2D eigenvalue weighted by molar-refractivity contribution is -0.123. The maximum atomic E-state index is 12.3. The molecule has 0 saturated heterocycles. The first kappa shape index (κ1) is 19.5. The van der Waals surface area contributed by atoms with Gasteiger partial charge in [0.1, 0.15) is 5.75 Å². The molecular weight excluding hydrogens is 378 g/mol. The zero-order valence-corrected chi connectivity index (χ0v) is 17.4. The molecule has 0 fully saturated rings. The van der Waals surface area contributed by atoms with Crippen molar-refractivity contribution in [1.29, 1.82) is 0 Å². The van der Waals surface area contributed by atoms with Crippen LogP contribution < -0.4 is 10.1 Å². The fourth-order valence-electron chi connectivity index (χ4n) is 2.95. The van der Waals surface area contributed by atoms with Crippen molar-refractivity contribution in [2.24, 2.45) is 0 Å². The molecule has 1 N–H and O–H groups in total. The molecule has 0 aliphatic carbocycles. The van der Waals surface area contributed by atoms with Gasteiger partial charge < -0.3 is 10.1 Å². The molecule has 0 aliphatic rings. The average molecular weight is 404 g/mol. The molecule has 2 rings (SSSR count). The van der Waals surface area contributed by atoms with Crippen LogP contribution in [-0.4, -0.2) is 12.5 Å². The van der Waals surface area contributed by atoms with Crippen molar-refractivity contribution in [2.45, 2.75) is 47.6 Å². The molecule has 0 bridgehead atoms. The number of carbonyl (C=O) groups is 1. The van der Waals surface area contributed by atoms with Gasteiger partial charge in [-0.1, -0.05) is 28.1 Å². The van der Waals surface area contributed by atoms with Gasteiger partial charge in [0.15, 0.2) is 6.61 Å². The van der Waals surface area contributed by atoms with Gasteiger partial charge in [-0.15, -0.1) is 0 Å². The first-order chi connectivity index (χ1) is 11.7. The van der Waals surface area contributed by atoms with Crippen LogP contribution in [0.25, 0.3) is 0 Å². The summed E-state index contributed by atoms with van der Waals surface area (Å²) >= 11 is 3.53. The average Bonchev–Trinajstić information content (AvgIpc) is 2.53. The third-order valence-corrected chi connectivity index (χ3v) is 5.76. The highest BCUT2D eigenvalue weighted by Crippen LogP contribution is 2.26. The van der Waals surface area contributed by atoms with Gasteiger partial charge in [-0.2, -0.15) is 0 Å². The van der Waals surface area contributed by atoms with Gasteiger partial charge in [-0.25, -0.2) is 0 Å².